The number of unbranched alkanes of at least 4 members (excludes halogenated alkanes) is 2. The Bertz CT molecular complexity index is 549. The van der Waals surface area contributed by atoms with Crippen molar-refractivity contribution in [2.75, 3.05) is 6.54 Å². The minimum Gasteiger partial charge on any atom is -0.330 e. The average Bonchev–Trinajstić information content (AvgIpc) is 2.38. The first kappa shape index (κ1) is 11.6. The van der Waals surface area contributed by atoms with Gasteiger partial charge >= 0.3 is 0 Å². The molecule has 2 heteroatoms. The molecule has 0 fully saturated rings. The van der Waals surface area contributed by atoms with E-state index < -0.39 is 0 Å². The van der Waals surface area contributed by atoms with E-state index in [0.717, 1.165) is 42.3 Å². The fraction of sp³-hybridized carbons (Fsp3) is 0.267. The summed E-state index contributed by atoms with van der Waals surface area (Å²) in [7, 11) is 0. The molecule has 0 amide bonds. The highest BCUT2D eigenvalue weighted by Gasteiger charge is 1.93. The molecule has 0 saturated carbocycles. The normalized spacial score (nSPS) is 9.94. The maximum atomic E-state index is 5.43. The maximum absolute atomic E-state index is 5.43. The molecule has 0 atom stereocenters. The highest BCUT2D eigenvalue weighted by atomic mass is 14.6. The summed E-state index contributed by atoms with van der Waals surface area (Å²) >= 11 is 0. The Hall–Kier alpha value is -1.85. The summed E-state index contributed by atoms with van der Waals surface area (Å²) < 4.78 is 0. The van der Waals surface area contributed by atoms with Gasteiger partial charge in [0.15, 0.2) is 0 Å². The topological polar surface area (TPSA) is 38.9 Å². The maximum Gasteiger partial charge on any atom is 0.0714 e. The molecule has 0 aliphatic rings. The van der Waals surface area contributed by atoms with E-state index in [1.807, 2.05) is 18.2 Å². The Morgan fingerprint density at radius 2 is 2.12 bits per heavy atom. The number of rotatable bonds is 3. The van der Waals surface area contributed by atoms with E-state index in [2.05, 4.69) is 29.0 Å². The van der Waals surface area contributed by atoms with Crippen molar-refractivity contribution in [2.24, 2.45) is 5.73 Å². The fourth-order valence-corrected chi connectivity index (χ4v) is 1.67. The second-order valence-corrected chi connectivity index (χ2v) is 3.96. The van der Waals surface area contributed by atoms with Crippen LogP contribution in [0, 0.1) is 11.8 Å². The Labute approximate surface area is 102 Å². The summed E-state index contributed by atoms with van der Waals surface area (Å²) in [6.07, 6.45) is 4.85. The highest BCUT2D eigenvalue weighted by molar-refractivity contribution is 5.79. The number of aromatic nitrogens is 1. The number of hydrogen-bond acceptors (Lipinski definition) is 2. The largest absolute Gasteiger partial charge is 0.330 e. The van der Waals surface area contributed by atoms with E-state index in [-0.39, 0.29) is 0 Å². The van der Waals surface area contributed by atoms with Crippen LogP contribution in [0.5, 0.6) is 0 Å². The van der Waals surface area contributed by atoms with Crippen molar-refractivity contribution in [3.05, 3.63) is 42.1 Å². The molecule has 0 saturated heterocycles. The van der Waals surface area contributed by atoms with E-state index in [0.29, 0.717) is 0 Å². The fourth-order valence-electron chi connectivity index (χ4n) is 1.67. The van der Waals surface area contributed by atoms with Gasteiger partial charge in [0.1, 0.15) is 0 Å². The molecular formula is C15H16N2. The summed E-state index contributed by atoms with van der Waals surface area (Å²) in [5.41, 5.74) is 7.46. The molecule has 2 nitrogen and oxygen atoms in total. The Balaban J connectivity index is 2.08. The molecule has 0 spiro atoms. The van der Waals surface area contributed by atoms with Crippen LogP contribution in [0.1, 0.15) is 24.8 Å². The second-order valence-electron chi connectivity index (χ2n) is 3.96. The van der Waals surface area contributed by atoms with Gasteiger partial charge in [-0.1, -0.05) is 24.0 Å². The molecule has 0 unspecified atom stereocenters. The van der Waals surface area contributed by atoms with E-state index in [9.17, 15) is 0 Å². The van der Waals surface area contributed by atoms with E-state index >= 15 is 0 Å². The third-order valence-electron chi connectivity index (χ3n) is 2.59. The average molecular weight is 224 g/mol. The molecule has 86 valence electrons. The van der Waals surface area contributed by atoms with Crippen molar-refractivity contribution in [3.8, 4) is 11.8 Å². The van der Waals surface area contributed by atoms with Crippen molar-refractivity contribution >= 4 is 10.9 Å². The van der Waals surface area contributed by atoms with Crippen LogP contribution < -0.4 is 5.73 Å². The molecule has 2 rings (SSSR count). The van der Waals surface area contributed by atoms with Gasteiger partial charge in [-0.2, -0.15) is 0 Å². The van der Waals surface area contributed by atoms with Crippen molar-refractivity contribution in [2.45, 2.75) is 19.3 Å². The summed E-state index contributed by atoms with van der Waals surface area (Å²) in [6.45, 7) is 0.752. The van der Waals surface area contributed by atoms with Gasteiger partial charge in [0.05, 0.1) is 5.52 Å². The van der Waals surface area contributed by atoms with Crippen molar-refractivity contribution < 1.29 is 0 Å². The zero-order chi connectivity index (χ0) is 11.9. The van der Waals surface area contributed by atoms with Crippen molar-refractivity contribution in [1.29, 1.82) is 0 Å². The highest BCUT2D eigenvalue weighted by Crippen LogP contribution is 2.12. The molecule has 1 aromatic heterocycles. The number of nitrogens with two attached hydrogens (primary N) is 1. The zero-order valence-electron chi connectivity index (χ0n) is 9.82. The number of nitrogens with zero attached hydrogens (tertiary/aromatic N) is 1. The van der Waals surface area contributed by atoms with Crippen molar-refractivity contribution in [1.82, 2.24) is 4.98 Å². The molecule has 2 N–H and O–H groups in total. The van der Waals surface area contributed by atoms with Crippen molar-refractivity contribution in [3.63, 3.8) is 0 Å². The lowest BCUT2D eigenvalue weighted by Crippen LogP contribution is -1.96. The summed E-state index contributed by atoms with van der Waals surface area (Å²) in [5.74, 6) is 6.33. The minimum absolute atomic E-state index is 0.752. The van der Waals surface area contributed by atoms with Gasteiger partial charge in [-0.3, -0.25) is 4.98 Å². The van der Waals surface area contributed by atoms with Gasteiger partial charge in [-0.05, 0) is 37.6 Å². The third-order valence-corrected chi connectivity index (χ3v) is 2.59. The van der Waals surface area contributed by atoms with E-state index in [4.69, 9.17) is 5.73 Å². The predicted molar refractivity (Wildman–Crippen MR) is 71.5 cm³/mol. The first-order valence-electron chi connectivity index (χ1n) is 5.94. The molecule has 0 aliphatic heterocycles. The van der Waals surface area contributed by atoms with E-state index in [1.54, 1.807) is 6.20 Å². The molecular weight excluding hydrogens is 208 g/mol. The van der Waals surface area contributed by atoms with Crippen LogP contribution in [0.25, 0.3) is 10.9 Å². The first-order valence-corrected chi connectivity index (χ1v) is 5.94. The summed E-state index contributed by atoms with van der Waals surface area (Å²) in [4.78, 5) is 4.32. The summed E-state index contributed by atoms with van der Waals surface area (Å²) in [6, 6.07) is 10.1. The Morgan fingerprint density at radius 3 is 3.00 bits per heavy atom. The Kier molecular flexibility index (Phi) is 4.12. The smallest absolute Gasteiger partial charge is 0.0714 e. The number of fused-ring (bicyclic) bond motifs is 1. The molecule has 0 bridgehead atoms. The monoisotopic (exact) mass is 224 g/mol. The lowest BCUT2D eigenvalue weighted by molar-refractivity contribution is 0.768. The predicted octanol–water partition coefficient (Wildman–Crippen LogP) is 2.72. The molecule has 0 radical (unpaired) electrons. The number of pyridine rings is 1. The number of benzene rings is 1. The van der Waals surface area contributed by atoms with Crippen LogP contribution in [-0.4, -0.2) is 11.5 Å². The minimum atomic E-state index is 0.752. The molecule has 2 aromatic rings. The van der Waals surface area contributed by atoms with Gasteiger partial charge in [0.25, 0.3) is 0 Å². The zero-order valence-corrected chi connectivity index (χ0v) is 9.82. The van der Waals surface area contributed by atoms with Crippen LogP contribution in [0.3, 0.4) is 0 Å². The lowest BCUT2D eigenvalue weighted by Gasteiger charge is -1.96. The standard InChI is InChI=1S/C15H16N2/c16-10-4-2-1-3-6-13-8-9-14-7-5-11-17-15(14)12-13/h5,7-9,11-12H,1-2,4,10,16H2. The molecule has 17 heavy (non-hydrogen) atoms. The third kappa shape index (κ3) is 3.30. The van der Waals surface area contributed by atoms with Gasteiger partial charge < -0.3 is 5.73 Å². The van der Waals surface area contributed by atoms with Crippen LogP contribution in [-0.2, 0) is 0 Å². The lowest BCUT2D eigenvalue weighted by atomic mass is 10.1. The van der Waals surface area contributed by atoms with Crippen LogP contribution in [0.4, 0.5) is 0 Å². The molecule has 0 aliphatic carbocycles. The number of hydrogen-bond donors (Lipinski definition) is 1. The van der Waals surface area contributed by atoms with Crippen LogP contribution in [0.2, 0.25) is 0 Å². The van der Waals surface area contributed by atoms with E-state index in [1.165, 1.54) is 0 Å². The van der Waals surface area contributed by atoms with Gasteiger partial charge in [-0.15, -0.1) is 0 Å². The molecule has 1 heterocycles. The van der Waals surface area contributed by atoms with Gasteiger partial charge in [0, 0.05) is 23.6 Å². The van der Waals surface area contributed by atoms with Crippen LogP contribution >= 0.6 is 0 Å². The van der Waals surface area contributed by atoms with Gasteiger partial charge in [0.2, 0.25) is 0 Å². The first-order chi connectivity index (χ1) is 8.40. The Morgan fingerprint density at radius 1 is 1.18 bits per heavy atom. The summed E-state index contributed by atoms with van der Waals surface area (Å²) in [5, 5.41) is 1.15. The van der Waals surface area contributed by atoms with Gasteiger partial charge in [-0.25, -0.2) is 0 Å². The van der Waals surface area contributed by atoms with Crippen LogP contribution in [0.15, 0.2) is 36.5 Å². The SMILES string of the molecule is NCCCCC#Cc1ccc2cccnc2c1. The second kappa shape index (κ2) is 6.03. The molecule has 1 aromatic carbocycles. The quantitative estimate of drug-likeness (QED) is 0.643.